The van der Waals surface area contributed by atoms with E-state index in [0.717, 1.165) is 34.6 Å². The summed E-state index contributed by atoms with van der Waals surface area (Å²) in [6, 6.07) is 10.2. The first kappa shape index (κ1) is 15.1. The van der Waals surface area contributed by atoms with Crippen molar-refractivity contribution in [1.29, 1.82) is 0 Å². The Morgan fingerprint density at radius 2 is 2.05 bits per heavy atom. The van der Waals surface area contributed by atoms with Crippen LogP contribution in [0, 0.1) is 0 Å². The van der Waals surface area contributed by atoms with E-state index in [0.29, 0.717) is 6.61 Å². The van der Waals surface area contributed by atoms with Crippen molar-refractivity contribution in [3.8, 4) is 10.6 Å². The number of nitrogens with zero attached hydrogens (tertiary/aromatic N) is 3. The minimum atomic E-state index is 0.449. The van der Waals surface area contributed by atoms with Crippen LogP contribution in [0.4, 0.5) is 5.13 Å². The zero-order chi connectivity index (χ0) is 15.2. The van der Waals surface area contributed by atoms with Crippen molar-refractivity contribution < 1.29 is 4.74 Å². The molecule has 2 heterocycles. The molecule has 0 aliphatic rings. The molecule has 0 amide bonds. The van der Waals surface area contributed by atoms with Gasteiger partial charge in [-0.15, -0.1) is 11.3 Å². The normalized spacial score (nSPS) is 10.8. The van der Waals surface area contributed by atoms with Crippen LogP contribution in [0.15, 0.2) is 35.7 Å². The predicted molar refractivity (Wildman–Crippen MR) is 90.4 cm³/mol. The molecule has 0 aliphatic carbocycles. The number of hydrogen-bond acceptors (Lipinski definition) is 7. The van der Waals surface area contributed by atoms with Crippen LogP contribution in [0.1, 0.15) is 11.5 Å². The lowest BCUT2D eigenvalue weighted by Crippen LogP contribution is -2.05. The van der Waals surface area contributed by atoms with Crippen LogP contribution in [0.3, 0.4) is 0 Å². The Kier molecular flexibility index (Phi) is 5.10. The molecule has 7 heteroatoms. The Hall–Kier alpha value is -1.83. The quantitative estimate of drug-likeness (QED) is 0.718. The van der Waals surface area contributed by atoms with Gasteiger partial charge in [0, 0.05) is 42.6 Å². The molecule has 3 rings (SSSR count). The van der Waals surface area contributed by atoms with Crippen molar-refractivity contribution in [1.82, 2.24) is 14.3 Å². The lowest BCUT2D eigenvalue weighted by Gasteiger charge is -1.99. The van der Waals surface area contributed by atoms with E-state index in [-0.39, 0.29) is 0 Å². The lowest BCUT2D eigenvalue weighted by atomic mass is 10.2. The maximum Gasteiger partial charge on any atom is 0.202 e. The number of aromatic nitrogens is 3. The molecule has 1 aromatic carbocycles. The number of benzene rings is 1. The van der Waals surface area contributed by atoms with Gasteiger partial charge < -0.3 is 10.1 Å². The smallest absolute Gasteiger partial charge is 0.202 e. The van der Waals surface area contributed by atoms with Crippen LogP contribution in [-0.4, -0.2) is 28.0 Å². The second kappa shape index (κ2) is 7.44. The number of thiazole rings is 1. The van der Waals surface area contributed by atoms with Crippen molar-refractivity contribution in [3.05, 3.63) is 47.2 Å². The monoisotopic (exact) mass is 332 g/mol. The maximum absolute atomic E-state index is 5.01. The van der Waals surface area contributed by atoms with Crippen LogP contribution in [0.5, 0.6) is 0 Å². The van der Waals surface area contributed by atoms with Gasteiger partial charge in [-0.3, -0.25) is 0 Å². The summed E-state index contributed by atoms with van der Waals surface area (Å²) in [7, 11) is 1.64. The molecular formula is C15H16N4OS2. The molecule has 0 unspecified atom stereocenters. The molecule has 1 N–H and O–H groups in total. The maximum atomic E-state index is 5.01. The second-order valence-electron chi connectivity index (χ2n) is 4.64. The summed E-state index contributed by atoms with van der Waals surface area (Å²) in [6.45, 7) is 1.24. The van der Waals surface area contributed by atoms with Gasteiger partial charge in [0.25, 0.3) is 0 Å². The van der Waals surface area contributed by atoms with Gasteiger partial charge in [-0.05, 0) is 0 Å². The highest BCUT2D eigenvalue weighted by Crippen LogP contribution is 2.23. The van der Waals surface area contributed by atoms with E-state index in [1.807, 2.05) is 18.2 Å². The fraction of sp³-hybridized carbons (Fsp3) is 0.267. The number of nitrogens with one attached hydrogen (secondary N) is 1. The summed E-state index contributed by atoms with van der Waals surface area (Å²) in [6.07, 6.45) is 0.864. The third-order valence-corrected chi connectivity index (χ3v) is 4.62. The molecule has 114 valence electrons. The third kappa shape index (κ3) is 3.88. The Balaban J connectivity index is 1.52. The molecule has 0 fully saturated rings. The number of methoxy groups -OCH3 is 1. The predicted octanol–water partition coefficient (Wildman–Crippen LogP) is 3.46. The minimum absolute atomic E-state index is 0.449. The summed E-state index contributed by atoms with van der Waals surface area (Å²) in [4.78, 5) is 9.01. The first-order valence-electron chi connectivity index (χ1n) is 6.90. The zero-order valence-electron chi connectivity index (χ0n) is 12.2. The molecule has 5 nitrogen and oxygen atoms in total. The third-order valence-electron chi connectivity index (χ3n) is 2.97. The standard InChI is InChI=1S/C15H16N4OS2/c1-20-9-13-18-15(22-19-13)16-8-7-12-10-21-14(17-12)11-5-3-2-4-6-11/h2-6,10H,7-9H2,1H3,(H,16,18,19). The van der Waals surface area contributed by atoms with Gasteiger partial charge in [0.1, 0.15) is 11.6 Å². The van der Waals surface area contributed by atoms with Gasteiger partial charge in [-0.1, -0.05) is 30.3 Å². The summed E-state index contributed by atoms with van der Waals surface area (Å²) in [5.41, 5.74) is 2.26. The van der Waals surface area contributed by atoms with Crippen molar-refractivity contribution in [2.45, 2.75) is 13.0 Å². The van der Waals surface area contributed by atoms with Crippen molar-refractivity contribution in [2.75, 3.05) is 19.0 Å². The largest absolute Gasteiger partial charge is 0.377 e. The molecule has 22 heavy (non-hydrogen) atoms. The molecule has 2 aromatic heterocycles. The molecule has 0 bridgehead atoms. The second-order valence-corrected chi connectivity index (χ2v) is 6.25. The van der Waals surface area contributed by atoms with E-state index in [2.05, 4.69) is 37.2 Å². The van der Waals surface area contributed by atoms with Crippen LogP contribution in [0.25, 0.3) is 10.6 Å². The zero-order valence-corrected chi connectivity index (χ0v) is 13.8. The number of anilines is 1. The fourth-order valence-electron chi connectivity index (χ4n) is 1.95. The average Bonchev–Trinajstić information content (AvgIpc) is 3.19. The molecule has 0 radical (unpaired) electrons. The van der Waals surface area contributed by atoms with Crippen molar-refractivity contribution >= 4 is 28.0 Å². The van der Waals surface area contributed by atoms with E-state index in [9.17, 15) is 0 Å². The topological polar surface area (TPSA) is 59.9 Å². The molecule has 0 aliphatic heterocycles. The number of rotatable bonds is 7. The molecule has 0 saturated carbocycles. The van der Waals surface area contributed by atoms with Crippen LogP contribution >= 0.6 is 22.9 Å². The highest BCUT2D eigenvalue weighted by atomic mass is 32.1. The SMILES string of the molecule is COCc1nsc(NCCc2csc(-c3ccccc3)n2)n1. The molecule has 3 aromatic rings. The summed E-state index contributed by atoms with van der Waals surface area (Å²) in [5.74, 6) is 0.718. The minimum Gasteiger partial charge on any atom is -0.377 e. The van der Waals surface area contributed by atoms with Crippen molar-refractivity contribution in [3.63, 3.8) is 0 Å². The van der Waals surface area contributed by atoms with Gasteiger partial charge in [0.05, 0.1) is 5.69 Å². The van der Waals surface area contributed by atoms with Crippen LogP contribution in [-0.2, 0) is 17.8 Å². The molecule has 0 saturated heterocycles. The van der Waals surface area contributed by atoms with Gasteiger partial charge in [0.2, 0.25) is 5.13 Å². The van der Waals surface area contributed by atoms with E-state index in [1.54, 1.807) is 18.4 Å². The molecule has 0 spiro atoms. The Morgan fingerprint density at radius 3 is 2.86 bits per heavy atom. The molecule has 0 atom stereocenters. The molecular weight excluding hydrogens is 316 g/mol. The lowest BCUT2D eigenvalue weighted by molar-refractivity contribution is 0.179. The first-order valence-corrected chi connectivity index (χ1v) is 8.55. The van der Waals surface area contributed by atoms with E-state index < -0.39 is 0 Å². The van der Waals surface area contributed by atoms with Gasteiger partial charge >= 0.3 is 0 Å². The first-order chi connectivity index (χ1) is 10.8. The number of hydrogen-bond donors (Lipinski definition) is 1. The highest BCUT2D eigenvalue weighted by molar-refractivity contribution is 7.13. The number of ether oxygens (including phenoxy) is 1. The summed E-state index contributed by atoms with van der Waals surface area (Å²) in [5, 5.41) is 7.27. The van der Waals surface area contributed by atoms with E-state index in [1.165, 1.54) is 17.1 Å². The Bertz CT molecular complexity index is 711. The van der Waals surface area contributed by atoms with Crippen LogP contribution in [0.2, 0.25) is 0 Å². The van der Waals surface area contributed by atoms with E-state index >= 15 is 0 Å². The van der Waals surface area contributed by atoms with Crippen molar-refractivity contribution in [2.24, 2.45) is 0 Å². The van der Waals surface area contributed by atoms with Gasteiger partial charge in [-0.2, -0.15) is 4.37 Å². The fourth-order valence-corrected chi connectivity index (χ4v) is 3.40. The summed E-state index contributed by atoms with van der Waals surface area (Å²) >= 11 is 3.04. The van der Waals surface area contributed by atoms with Crippen LogP contribution < -0.4 is 5.32 Å². The van der Waals surface area contributed by atoms with Gasteiger partial charge in [-0.25, -0.2) is 9.97 Å². The average molecular weight is 332 g/mol. The summed E-state index contributed by atoms with van der Waals surface area (Å²) < 4.78 is 9.21. The highest BCUT2D eigenvalue weighted by Gasteiger charge is 2.06. The van der Waals surface area contributed by atoms with Gasteiger partial charge in [0.15, 0.2) is 5.82 Å². The Morgan fingerprint density at radius 1 is 1.18 bits per heavy atom. The Labute approximate surface area is 137 Å². The van der Waals surface area contributed by atoms with E-state index in [4.69, 9.17) is 4.74 Å².